The van der Waals surface area contributed by atoms with Crippen LogP contribution in [0.5, 0.6) is 0 Å². The van der Waals surface area contributed by atoms with E-state index < -0.39 is 17.9 Å². The van der Waals surface area contributed by atoms with Crippen molar-refractivity contribution >= 4 is 17.6 Å². The summed E-state index contributed by atoms with van der Waals surface area (Å²) < 4.78 is 0. The molecule has 0 bridgehead atoms. The Morgan fingerprint density at radius 3 is 2.31 bits per heavy atom. The van der Waals surface area contributed by atoms with Crippen LogP contribution in [-0.2, 0) is 9.59 Å². The Labute approximate surface area is 195 Å². The first-order valence-corrected chi connectivity index (χ1v) is 7.53. The minimum Gasteiger partial charge on any atom is -1.00 e. The summed E-state index contributed by atoms with van der Waals surface area (Å²) in [6.45, 7) is 1.62. The van der Waals surface area contributed by atoms with Gasteiger partial charge in [0, 0.05) is 17.5 Å². The molecule has 0 aliphatic heterocycles. The number of allylic oxidation sites excluding steroid dienone is 1. The van der Waals surface area contributed by atoms with E-state index in [1.807, 2.05) is 6.07 Å². The van der Waals surface area contributed by atoms with Gasteiger partial charge >= 0.3 is 57.4 Å². The van der Waals surface area contributed by atoms with Crippen LogP contribution in [0.15, 0.2) is 66.4 Å². The van der Waals surface area contributed by atoms with Gasteiger partial charge in [0.05, 0.1) is 11.6 Å². The third-order valence-electron chi connectivity index (χ3n) is 3.38. The molecular weight excluding hydrogens is 357 g/mol. The third-order valence-corrected chi connectivity index (χ3v) is 3.38. The number of nitrogens with one attached hydrogen (secondary N) is 2. The summed E-state index contributed by atoms with van der Waals surface area (Å²) in [5.41, 5.74) is 2.06. The first-order valence-electron chi connectivity index (χ1n) is 7.53. The van der Waals surface area contributed by atoms with Crippen molar-refractivity contribution < 1.29 is 67.5 Å². The maximum Gasteiger partial charge on any atom is 1.00 e. The number of rotatable bonds is 6. The molecular formula is C19H18KN3O3. The van der Waals surface area contributed by atoms with Crippen LogP contribution in [0, 0.1) is 11.3 Å². The van der Waals surface area contributed by atoms with E-state index in [4.69, 9.17) is 5.26 Å². The smallest absolute Gasteiger partial charge is 1.00 e. The molecule has 1 atom stereocenters. The van der Waals surface area contributed by atoms with Crippen molar-refractivity contribution in [2.24, 2.45) is 0 Å². The van der Waals surface area contributed by atoms with Crippen LogP contribution in [0.2, 0.25) is 0 Å². The summed E-state index contributed by atoms with van der Waals surface area (Å²) in [6, 6.07) is 16.2. The summed E-state index contributed by atoms with van der Waals surface area (Å²) in [5, 5.41) is 23.6. The standard InChI is InChI=1S/C19H17N3O3.K.H/c1-13(21-18(19(24)25)15-5-3-2-4-6-15)11-17(23)22-16-9-7-14(12-20)8-10-16;;/h2-11,18,21H,1H3,(H,22,23)(H,24,25);;/q;+1;-1/b13-11+;;. The van der Waals surface area contributed by atoms with Crippen molar-refractivity contribution in [3.05, 3.63) is 77.5 Å². The quantitative estimate of drug-likeness (QED) is 0.485. The average molecular weight is 375 g/mol. The van der Waals surface area contributed by atoms with Gasteiger partial charge in [-0.1, -0.05) is 30.3 Å². The number of nitriles is 1. The molecule has 0 spiro atoms. The molecule has 0 heterocycles. The van der Waals surface area contributed by atoms with Crippen LogP contribution in [-0.4, -0.2) is 17.0 Å². The molecule has 2 aromatic carbocycles. The molecule has 26 heavy (non-hydrogen) atoms. The van der Waals surface area contributed by atoms with Crippen molar-refractivity contribution in [3.63, 3.8) is 0 Å². The number of nitrogens with zero attached hydrogens (tertiary/aromatic N) is 1. The van der Waals surface area contributed by atoms with Crippen LogP contribution in [0.4, 0.5) is 5.69 Å². The topological polar surface area (TPSA) is 102 Å². The number of carbonyl (C=O) groups excluding carboxylic acids is 1. The fourth-order valence-corrected chi connectivity index (χ4v) is 2.21. The fraction of sp³-hybridized carbons (Fsp3) is 0.105. The van der Waals surface area contributed by atoms with Crippen LogP contribution in [0.1, 0.15) is 25.5 Å². The Hall–Kier alpha value is -1.95. The average Bonchev–Trinajstić information content (AvgIpc) is 2.60. The van der Waals surface area contributed by atoms with Gasteiger partial charge in [-0.15, -0.1) is 0 Å². The van der Waals surface area contributed by atoms with E-state index in [1.54, 1.807) is 61.5 Å². The summed E-state index contributed by atoms with van der Waals surface area (Å²) in [6.07, 6.45) is 1.29. The SMILES string of the molecule is C/C(=C\C(=O)Nc1ccc(C#N)cc1)NC(C(=O)O)c1ccccc1.[H-].[K+]. The monoisotopic (exact) mass is 375 g/mol. The van der Waals surface area contributed by atoms with E-state index in [-0.39, 0.29) is 52.8 Å². The van der Waals surface area contributed by atoms with E-state index in [0.29, 0.717) is 22.5 Å². The van der Waals surface area contributed by atoms with Gasteiger partial charge in [-0.25, -0.2) is 4.79 Å². The zero-order valence-electron chi connectivity index (χ0n) is 15.6. The predicted molar refractivity (Wildman–Crippen MR) is 94.6 cm³/mol. The molecule has 128 valence electrons. The number of aliphatic carboxylic acids is 1. The molecule has 6 nitrogen and oxygen atoms in total. The zero-order chi connectivity index (χ0) is 18.2. The van der Waals surface area contributed by atoms with E-state index in [0.717, 1.165) is 0 Å². The van der Waals surface area contributed by atoms with Crippen molar-refractivity contribution in [1.82, 2.24) is 5.32 Å². The number of amides is 1. The molecule has 0 radical (unpaired) electrons. The van der Waals surface area contributed by atoms with Gasteiger partial charge in [-0.05, 0) is 36.8 Å². The first kappa shape index (κ1) is 22.1. The molecule has 0 aliphatic carbocycles. The summed E-state index contributed by atoms with van der Waals surface area (Å²) >= 11 is 0. The maximum absolute atomic E-state index is 12.0. The second kappa shape index (κ2) is 10.9. The van der Waals surface area contributed by atoms with E-state index >= 15 is 0 Å². The van der Waals surface area contributed by atoms with Gasteiger partial charge in [-0.3, -0.25) is 4.79 Å². The third kappa shape index (κ3) is 6.75. The van der Waals surface area contributed by atoms with Gasteiger partial charge in [0.25, 0.3) is 0 Å². The van der Waals surface area contributed by atoms with Gasteiger partial charge < -0.3 is 17.2 Å². The van der Waals surface area contributed by atoms with E-state index in [1.165, 1.54) is 6.08 Å². The number of carbonyl (C=O) groups is 2. The maximum atomic E-state index is 12.0. The number of anilines is 1. The molecule has 0 aliphatic rings. The molecule has 2 aromatic rings. The minimum atomic E-state index is -1.04. The number of benzene rings is 2. The molecule has 1 amide bonds. The van der Waals surface area contributed by atoms with E-state index in [2.05, 4.69) is 10.6 Å². The molecule has 1 unspecified atom stereocenters. The molecule has 0 fully saturated rings. The molecule has 0 saturated heterocycles. The van der Waals surface area contributed by atoms with Gasteiger partial charge in [0.2, 0.25) is 5.91 Å². The second-order valence-corrected chi connectivity index (χ2v) is 5.33. The van der Waals surface area contributed by atoms with Crippen LogP contribution in [0.25, 0.3) is 0 Å². The molecule has 0 saturated carbocycles. The normalized spacial score (nSPS) is 11.5. The second-order valence-electron chi connectivity index (χ2n) is 5.33. The van der Waals surface area contributed by atoms with Crippen molar-refractivity contribution in [2.45, 2.75) is 13.0 Å². The summed E-state index contributed by atoms with van der Waals surface area (Å²) in [7, 11) is 0. The van der Waals surface area contributed by atoms with Crippen LogP contribution in [0.3, 0.4) is 0 Å². The summed E-state index contributed by atoms with van der Waals surface area (Å²) in [5.74, 6) is -1.43. The van der Waals surface area contributed by atoms with Crippen LogP contribution < -0.4 is 62.0 Å². The van der Waals surface area contributed by atoms with Crippen molar-refractivity contribution in [1.29, 1.82) is 5.26 Å². The molecule has 2 rings (SSSR count). The Kier molecular flexibility index (Phi) is 9.27. The fourth-order valence-electron chi connectivity index (χ4n) is 2.21. The first-order chi connectivity index (χ1) is 12.0. The van der Waals surface area contributed by atoms with Crippen molar-refractivity contribution in [3.8, 4) is 6.07 Å². The summed E-state index contributed by atoms with van der Waals surface area (Å²) in [4.78, 5) is 23.5. The number of carboxylic acids is 1. The largest absolute Gasteiger partial charge is 1.00 e. The molecule has 7 heteroatoms. The van der Waals surface area contributed by atoms with Gasteiger partial charge in [-0.2, -0.15) is 5.26 Å². The molecule has 3 N–H and O–H groups in total. The van der Waals surface area contributed by atoms with Crippen LogP contribution >= 0.6 is 0 Å². The zero-order valence-corrected chi connectivity index (χ0v) is 17.7. The Balaban J connectivity index is 0.00000338. The van der Waals surface area contributed by atoms with Gasteiger partial charge in [0.1, 0.15) is 6.04 Å². The molecule has 0 aromatic heterocycles. The Morgan fingerprint density at radius 2 is 1.77 bits per heavy atom. The number of hydrogen-bond donors (Lipinski definition) is 3. The van der Waals surface area contributed by atoms with E-state index in [9.17, 15) is 14.7 Å². The van der Waals surface area contributed by atoms with Gasteiger partial charge in [0.15, 0.2) is 0 Å². The minimum absolute atomic E-state index is 0. The number of hydrogen-bond acceptors (Lipinski definition) is 4. The van der Waals surface area contributed by atoms with Crippen molar-refractivity contribution in [2.75, 3.05) is 5.32 Å². The Morgan fingerprint density at radius 1 is 1.15 bits per heavy atom. The number of carboxylic acid groups (broad SMARTS) is 1. The Bertz CT molecular complexity index is 834. The predicted octanol–water partition coefficient (Wildman–Crippen LogP) is -0.0674.